The number of anilines is 2. The highest BCUT2D eigenvalue weighted by Gasteiger charge is 2.17. The number of carbonyl (C=O) groups excluding carboxylic acids is 1. The first-order chi connectivity index (χ1) is 8.58. The van der Waals surface area contributed by atoms with Crippen molar-refractivity contribution in [2.24, 2.45) is 0 Å². The van der Waals surface area contributed by atoms with Gasteiger partial charge in [0.1, 0.15) is 0 Å². The van der Waals surface area contributed by atoms with E-state index in [9.17, 15) is 4.79 Å². The minimum absolute atomic E-state index is 0.0107. The Bertz CT molecular complexity index is 472. The minimum atomic E-state index is -0.0107. The van der Waals surface area contributed by atoms with Crippen LogP contribution in [-0.2, 0) is 0 Å². The van der Waals surface area contributed by atoms with E-state index in [4.69, 9.17) is 5.73 Å². The highest BCUT2D eigenvalue weighted by Crippen LogP contribution is 2.24. The van der Waals surface area contributed by atoms with Crippen molar-refractivity contribution in [2.45, 2.75) is 18.9 Å². The Morgan fingerprint density at radius 3 is 2.61 bits per heavy atom. The normalized spacial score (nSPS) is 14.8. The first-order valence-corrected chi connectivity index (χ1v) is 6.10. The predicted molar refractivity (Wildman–Crippen MR) is 74.7 cm³/mol. The van der Waals surface area contributed by atoms with Gasteiger partial charge >= 0.3 is 0 Å². The molecule has 0 aromatic heterocycles. The lowest BCUT2D eigenvalue weighted by molar-refractivity contribution is 0.0828. The molecule has 2 rings (SSSR count). The van der Waals surface area contributed by atoms with Crippen molar-refractivity contribution < 1.29 is 4.79 Å². The van der Waals surface area contributed by atoms with E-state index >= 15 is 0 Å². The van der Waals surface area contributed by atoms with Gasteiger partial charge < -0.3 is 16.0 Å². The Morgan fingerprint density at radius 1 is 1.33 bits per heavy atom. The molecule has 4 heteroatoms. The van der Waals surface area contributed by atoms with Gasteiger partial charge in [-0.25, -0.2) is 0 Å². The van der Waals surface area contributed by atoms with Gasteiger partial charge in [-0.2, -0.15) is 0 Å². The molecule has 0 unspecified atom stereocenters. The third kappa shape index (κ3) is 2.64. The van der Waals surface area contributed by atoms with Gasteiger partial charge in [0.2, 0.25) is 0 Å². The first-order valence-electron chi connectivity index (χ1n) is 6.10. The van der Waals surface area contributed by atoms with Crippen LogP contribution in [-0.4, -0.2) is 30.9 Å². The van der Waals surface area contributed by atoms with Gasteiger partial charge in [-0.05, 0) is 31.0 Å². The number of nitrogens with two attached hydrogens (primary N) is 1. The van der Waals surface area contributed by atoms with Crippen molar-refractivity contribution in [1.82, 2.24) is 4.90 Å². The molecule has 0 heterocycles. The Kier molecular flexibility index (Phi) is 3.55. The second-order valence-electron chi connectivity index (χ2n) is 4.79. The van der Waals surface area contributed by atoms with Crippen LogP contribution in [0.2, 0.25) is 0 Å². The van der Waals surface area contributed by atoms with E-state index in [0.717, 1.165) is 18.5 Å². The largest absolute Gasteiger partial charge is 0.399 e. The van der Waals surface area contributed by atoms with Crippen LogP contribution in [0, 0.1) is 0 Å². The van der Waals surface area contributed by atoms with Crippen molar-refractivity contribution in [3.8, 4) is 0 Å². The molecule has 0 radical (unpaired) electrons. The Balaban J connectivity index is 2.25. The van der Waals surface area contributed by atoms with Crippen molar-refractivity contribution in [2.75, 3.05) is 25.1 Å². The summed E-state index contributed by atoms with van der Waals surface area (Å²) in [6, 6.07) is 5.73. The van der Waals surface area contributed by atoms with Crippen LogP contribution in [0.25, 0.3) is 0 Å². The third-order valence-electron chi connectivity index (χ3n) is 3.05. The number of rotatable bonds is 3. The van der Waals surface area contributed by atoms with Crippen LogP contribution in [0.3, 0.4) is 0 Å². The molecule has 1 aliphatic rings. The van der Waals surface area contributed by atoms with Crippen LogP contribution in [0.1, 0.15) is 23.2 Å². The standard InChI is InChI=1S/C14H19N3O/c1-17(2)14(18)12-8-7-10(15)9-13(12)16-11-5-3-4-6-11/h3-4,7-9,11,16H,5-6,15H2,1-2H3. The molecule has 96 valence electrons. The number of benzene rings is 1. The van der Waals surface area contributed by atoms with E-state index in [1.54, 1.807) is 31.1 Å². The van der Waals surface area contributed by atoms with Crippen LogP contribution in [0.15, 0.2) is 30.4 Å². The van der Waals surface area contributed by atoms with Gasteiger partial charge in [-0.15, -0.1) is 0 Å². The topological polar surface area (TPSA) is 58.4 Å². The minimum Gasteiger partial charge on any atom is -0.399 e. The lowest BCUT2D eigenvalue weighted by Gasteiger charge is -2.19. The van der Waals surface area contributed by atoms with Gasteiger partial charge in [0, 0.05) is 31.5 Å². The molecule has 0 atom stereocenters. The van der Waals surface area contributed by atoms with Crippen molar-refractivity contribution in [3.63, 3.8) is 0 Å². The van der Waals surface area contributed by atoms with Crippen LogP contribution < -0.4 is 11.1 Å². The number of nitrogen functional groups attached to an aromatic ring is 1. The average molecular weight is 245 g/mol. The summed E-state index contributed by atoms with van der Waals surface area (Å²) in [6.45, 7) is 0. The van der Waals surface area contributed by atoms with E-state index in [0.29, 0.717) is 17.3 Å². The summed E-state index contributed by atoms with van der Waals surface area (Å²) in [7, 11) is 3.50. The fraction of sp³-hybridized carbons (Fsp3) is 0.357. The molecule has 3 N–H and O–H groups in total. The van der Waals surface area contributed by atoms with Crippen LogP contribution in [0.5, 0.6) is 0 Å². The van der Waals surface area contributed by atoms with Crippen molar-refractivity contribution >= 4 is 17.3 Å². The lowest BCUT2D eigenvalue weighted by Crippen LogP contribution is -2.24. The molecule has 1 amide bonds. The number of nitrogens with one attached hydrogen (secondary N) is 1. The number of hydrogen-bond donors (Lipinski definition) is 2. The summed E-state index contributed by atoms with van der Waals surface area (Å²) >= 11 is 0. The maximum atomic E-state index is 12.1. The van der Waals surface area contributed by atoms with E-state index in [-0.39, 0.29) is 5.91 Å². The van der Waals surface area contributed by atoms with E-state index in [1.807, 2.05) is 6.07 Å². The molecule has 0 bridgehead atoms. The van der Waals surface area contributed by atoms with Gasteiger partial charge in [-0.1, -0.05) is 12.2 Å². The lowest BCUT2D eigenvalue weighted by atomic mass is 10.1. The van der Waals surface area contributed by atoms with Crippen LogP contribution in [0.4, 0.5) is 11.4 Å². The Hall–Kier alpha value is -1.97. The fourth-order valence-electron chi connectivity index (χ4n) is 2.06. The number of hydrogen-bond acceptors (Lipinski definition) is 3. The molecule has 1 aliphatic carbocycles. The summed E-state index contributed by atoms with van der Waals surface area (Å²) in [5, 5.41) is 3.40. The molecule has 4 nitrogen and oxygen atoms in total. The van der Waals surface area contributed by atoms with E-state index in [1.165, 1.54) is 0 Å². The summed E-state index contributed by atoms with van der Waals surface area (Å²) in [6.07, 6.45) is 6.28. The second kappa shape index (κ2) is 5.12. The van der Waals surface area contributed by atoms with Gasteiger partial charge in [-0.3, -0.25) is 4.79 Å². The van der Waals surface area contributed by atoms with Gasteiger partial charge in [0.05, 0.1) is 5.56 Å². The monoisotopic (exact) mass is 245 g/mol. The van der Waals surface area contributed by atoms with Gasteiger partial charge in [0.15, 0.2) is 0 Å². The summed E-state index contributed by atoms with van der Waals surface area (Å²) in [5.74, 6) is -0.0107. The maximum Gasteiger partial charge on any atom is 0.255 e. The van der Waals surface area contributed by atoms with E-state index < -0.39 is 0 Å². The predicted octanol–water partition coefficient (Wildman–Crippen LogP) is 2.10. The number of amides is 1. The molecule has 0 saturated heterocycles. The average Bonchev–Trinajstić information content (AvgIpc) is 2.81. The first kappa shape index (κ1) is 12.5. The molecule has 0 aliphatic heterocycles. The zero-order valence-electron chi connectivity index (χ0n) is 10.8. The smallest absolute Gasteiger partial charge is 0.255 e. The quantitative estimate of drug-likeness (QED) is 0.633. The fourth-order valence-corrected chi connectivity index (χ4v) is 2.06. The molecular formula is C14H19N3O. The zero-order chi connectivity index (χ0) is 13.1. The Morgan fingerprint density at radius 2 is 2.00 bits per heavy atom. The zero-order valence-corrected chi connectivity index (χ0v) is 10.8. The molecule has 1 aromatic rings. The second-order valence-corrected chi connectivity index (χ2v) is 4.79. The third-order valence-corrected chi connectivity index (χ3v) is 3.05. The summed E-state index contributed by atoms with van der Waals surface area (Å²) < 4.78 is 0. The maximum absolute atomic E-state index is 12.1. The molecule has 0 spiro atoms. The number of nitrogens with zero attached hydrogens (tertiary/aromatic N) is 1. The Labute approximate surface area is 107 Å². The van der Waals surface area contributed by atoms with Gasteiger partial charge in [0.25, 0.3) is 5.91 Å². The van der Waals surface area contributed by atoms with E-state index in [2.05, 4.69) is 17.5 Å². The number of carbonyl (C=O) groups is 1. The molecule has 0 saturated carbocycles. The van der Waals surface area contributed by atoms with Crippen molar-refractivity contribution in [3.05, 3.63) is 35.9 Å². The highest BCUT2D eigenvalue weighted by molar-refractivity contribution is 6.00. The highest BCUT2D eigenvalue weighted by atomic mass is 16.2. The molecule has 1 aromatic carbocycles. The molecular weight excluding hydrogens is 226 g/mol. The summed E-state index contributed by atoms with van der Waals surface area (Å²) in [4.78, 5) is 13.7. The van der Waals surface area contributed by atoms with Crippen molar-refractivity contribution in [1.29, 1.82) is 0 Å². The van der Waals surface area contributed by atoms with Crippen LogP contribution >= 0.6 is 0 Å². The molecule has 0 fully saturated rings. The SMILES string of the molecule is CN(C)C(=O)c1ccc(N)cc1NC1CC=CC1. The molecule has 18 heavy (non-hydrogen) atoms. The summed E-state index contributed by atoms with van der Waals surface area (Å²) in [5.41, 5.74) is 7.95.